The van der Waals surface area contributed by atoms with Crippen molar-refractivity contribution in [3.8, 4) is 0 Å². The summed E-state index contributed by atoms with van der Waals surface area (Å²) >= 11 is 0. The summed E-state index contributed by atoms with van der Waals surface area (Å²) in [5.41, 5.74) is -0.431. The lowest BCUT2D eigenvalue weighted by atomic mass is 9.52. The van der Waals surface area contributed by atoms with E-state index in [1.807, 2.05) is 6.92 Å². The molecule has 5 atom stereocenters. The Hall–Kier alpha value is -0.340. The van der Waals surface area contributed by atoms with Crippen molar-refractivity contribution < 1.29 is 10.2 Å². The fourth-order valence-corrected chi connectivity index (χ4v) is 4.87. The van der Waals surface area contributed by atoms with E-state index in [9.17, 15) is 10.2 Å². The Labute approximate surface area is 97.4 Å². The highest BCUT2D eigenvalue weighted by molar-refractivity contribution is 5.36. The van der Waals surface area contributed by atoms with Gasteiger partial charge in [-0.3, -0.25) is 0 Å². The van der Waals surface area contributed by atoms with Crippen LogP contribution in [0.3, 0.4) is 0 Å². The molecule has 2 N–H and O–H groups in total. The van der Waals surface area contributed by atoms with Crippen molar-refractivity contribution in [3.63, 3.8) is 0 Å². The Kier molecular flexibility index (Phi) is 1.84. The van der Waals surface area contributed by atoms with Gasteiger partial charge in [0, 0.05) is 11.3 Å². The molecule has 0 aliphatic heterocycles. The minimum absolute atomic E-state index is 0.0544. The van der Waals surface area contributed by atoms with Gasteiger partial charge in [0.1, 0.15) is 0 Å². The van der Waals surface area contributed by atoms with Gasteiger partial charge in [0.2, 0.25) is 0 Å². The number of rotatable bonds is 0. The van der Waals surface area contributed by atoms with Crippen LogP contribution in [0.15, 0.2) is 11.6 Å². The third-order valence-electron chi connectivity index (χ3n) is 5.90. The molecule has 4 bridgehead atoms. The van der Waals surface area contributed by atoms with Gasteiger partial charge in [-0.1, -0.05) is 19.9 Å². The van der Waals surface area contributed by atoms with Crippen molar-refractivity contribution >= 4 is 0 Å². The quantitative estimate of drug-likeness (QED) is 0.617. The van der Waals surface area contributed by atoms with E-state index in [0.717, 1.165) is 31.3 Å². The predicted octanol–water partition coefficient (Wildman–Crippen LogP) is 2.25. The van der Waals surface area contributed by atoms with E-state index in [2.05, 4.69) is 19.9 Å². The molecule has 2 nitrogen and oxygen atoms in total. The second kappa shape index (κ2) is 2.73. The lowest BCUT2D eigenvalue weighted by Gasteiger charge is -2.58. The highest BCUT2D eigenvalue weighted by Gasteiger charge is 2.68. The molecule has 0 unspecified atom stereocenters. The van der Waals surface area contributed by atoms with Crippen molar-refractivity contribution in [1.29, 1.82) is 0 Å². The molecule has 0 aromatic heterocycles. The normalized spacial score (nSPS) is 59.7. The van der Waals surface area contributed by atoms with E-state index < -0.39 is 11.2 Å². The van der Waals surface area contributed by atoms with Gasteiger partial charge in [0.05, 0.1) is 11.2 Å². The maximum Gasteiger partial charge on any atom is 0.0910 e. The second-order valence-corrected chi connectivity index (χ2v) is 6.53. The molecule has 3 rings (SSSR count). The summed E-state index contributed by atoms with van der Waals surface area (Å²) in [5.74, 6) is 0.355. The summed E-state index contributed by atoms with van der Waals surface area (Å²) in [6.07, 6.45) is 5.88. The Morgan fingerprint density at radius 3 is 2.62 bits per heavy atom. The van der Waals surface area contributed by atoms with E-state index in [1.165, 1.54) is 0 Å². The molecule has 0 spiro atoms. The first-order valence-electron chi connectivity index (χ1n) is 6.49. The zero-order valence-electron chi connectivity index (χ0n) is 10.5. The number of hydrogen-bond donors (Lipinski definition) is 2. The van der Waals surface area contributed by atoms with Gasteiger partial charge in [0.25, 0.3) is 0 Å². The fraction of sp³-hybridized carbons (Fsp3) is 0.857. The predicted molar refractivity (Wildman–Crippen MR) is 62.9 cm³/mol. The third-order valence-corrected chi connectivity index (χ3v) is 5.90. The Balaban J connectivity index is 2.24. The number of hydrogen-bond acceptors (Lipinski definition) is 2. The first-order valence-corrected chi connectivity index (χ1v) is 6.49. The molecule has 3 aliphatic carbocycles. The van der Waals surface area contributed by atoms with Crippen molar-refractivity contribution in [3.05, 3.63) is 11.6 Å². The molecule has 0 aromatic rings. The van der Waals surface area contributed by atoms with E-state index in [1.54, 1.807) is 0 Å². The van der Waals surface area contributed by atoms with Crippen LogP contribution in [0.4, 0.5) is 0 Å². The van der Waals surface area contributed by atoms with Gasteiger partial charge < -0.3 is 10.2 Å². The molecule has 0 aromatic carbocycles. The molecule has 0 heterocycles. The molecule has 2 heteroatoms. The molecule has 16 heavy (non-hydrogen) atoms. The van der Waals surface area contributed by atoms with E-state index in [-0.39, 0.29) is 11.3 Å². The molecule has 3 aliphatic rings. The SMILES string of the molecule is CC1=C[C@]2(C)CC[C@H]3[C@]2(O)[C@H](C)CC[C@@]13O. The Morgan fingerprint density at radius 1 is 1.25 bits per heavy atom. The zero-order chi connectivity index (χ0) is 11.8. The number of aliphatic hydroxyl groups is 2. The average Bonchev–Trinajstić information content (AvgIpc) is 2.42. The van der Waals surface area contributed by atoms with Crippen molar-refractivity contribution in [1.82, 2.24) is 0 Å². The molecule has 0 amide bonds. The lowest BCUT2D eigenvalue weighted by Crippen LogP contribution is -2.64. The van der Waals surface area contributed by atoms with Crippen LogP contribution in [0, 0.1) is 17.3 Å². The first kappa shape index (κ1) is 10.8. The van der Waals surface area contributed by atoms with Gasteiger partial charge in [-0.2, -0.15) is 0 Å². The third kappa shape index (κ3) is 0.888. The van der Waals surface area contributed by atoms with Crippen LogP contribution in [0.5, 0.6) is 0 Å². The maximum atomic E-state index is 11.1. The van der Waals surface area contributed by atoms with Crippen molar-refractivity contribution in [2.24, 2.45) is 17.3 Å². The smallest absolute Gasteiger partial charge is 0.0910 e. The summed E-state index contributed by atoms with van der Waals surface area (Å²) in [6.45, 7) is 6.34. The lowest BCUT2D eigenvalue weighted by molar-refractivity contribution is -0.195. The van der Waals surface area contributed by atoms with Crippen molar-refractivity contribution in [2.45, 2.75) is 57.7 Å². The monoisotopic (exact) mass is 222 g/mol. The van der Waals surface area contributed by atoms with Crippen LogP contribution in [-0.2, 0) is 0 Å². The van der Waals surface area contributed by atoms with Crippen LogP contribution in [0.25, 0.3) is 0 Å². The Bertz CT molecular complexity index is 375. The maximum absolute atomic E-state index is 11.1. The second-order valence-electron chi connectivity index (χ2n) is 6.53. The van der Waals surface area contributed by atoms with Gasteiger partial charge >= 0.3 is 0 Å². The minimum atomic E-state index is -0.725. The minimum Gasteiger partial charge on any atom is -0.388 e. The van der Waals surface area contributed by atoms with Crippen LogP contribution in [0.1, 0.15) is 46.5 Å². The molecular weight excluding hydrogens is 200 g/mol. The standard InChI is InChI=1S/C14H22O2/c1-9-4-7-13(15)10(2)8-12(3)6-5-11(13)14(9,12)16/h8-9,11,15-16H,4-7H2,1-3H3/t9-,11-,12+,13-,14-/m1/s1. The van der Waals surface area contributed by atoms with Crippen LogP contribution in [-0.4, -0.2) is 21.4 Å². The topological polar surface area (TPSA) is 40.5 Å². The highest BCUT2D eigenvalue weighted by atomic mass is 16.3. The van der Waals surface area contributed by atoms with Gasteiger partial charge in [-0.05, 0) is 44.1 Å². The van der Waals surface area contributed by atoms with Gasteiger partial charge in [-0.25, -0.2) is 0 Å². The molecule has 0 radical (unpaired) electrons. The molecule has 0 saturated heterocycles. The average molecular weight is 222 g/mol. The van der Waals surface area contributed by atoms with Gasteiger partial charge in [-0.15, -0.1) is 0 Å². The van der Waals surface area contributed by atoms with E-state index >= 15 is 0 Å². The van der Waals surface area contributed by atoms with Crippen LogP contribution >= 0.6 is 0 Å². The van der Waals surface area contributed by atoms with Gasteiger partial charge in [0.15, 0.2) is 0 Å². The van der Waals surface area contributed by atoms with E-state index in [0.29, 0.717) is 5.92 Å². The summed E-state index contributed by atoms with van der Waals surface area (Å²) in [6, 6.07) is 0. The molecule has 2 fully saturated rings. The van der Waals surface area contributed by atoms with Crippen molar-refractivity contribution in [2.75, 3.05) is 0 Å². The zero-order valence-corrected chi connectivity index (χ0v) is 10.5. The molecular formula is C14H22O2. The largest absolute Gasteiger partial charge is 0.388 e. The van der Waals surface area contributed by atoms with Crippen LogP contribution in [0.2, 0.25) is 0 Å². The fourth-order valence-electron chi connectivity index (χ4n) is 4.87. The summed E-state index contributed by atoms with van der Waals surface area (Å²) in [5, 5.41) is 21.9. The summed E-state index contributed by atoms with van der Waals surface area (Å²) < 4.78 is 0. The molecule has 2 saturated carbocycles. The van der Waals surface area contributed by atoms with Crippen LogP contribution < -0.4 is 0 Å². The summed E-state index contributed by atoms with van der Waals surface area (Å²) in [4.78, 5) is 0. The first-order chi connectivity index (χ1) is 7.34. The van der Waals surface area contributed by atoms with E-state index in [4.69, 9.17) is 0 Å². The summed E-state index contributed by atoms with van der Waals surface area (Å²) in [7, 11) is 0. The Morgan fingerprint density at radius 2 is 1.94 bits per heavy atom. The molecule has 90 valence electrons. The highest BCUT2D eigenvalue weighted by Crippen LogP contribution is 2.66.